The van der Waals surface area contributed by atoms with Gasteiger partial charge in [-0.2, -0.15) is 0 Å². The molecule has 0 aromatic carbocycles. The van der Waals surface area contributed by atoms with Crippen LogP contribution in [-0.2, 0) is 24.3 Å². The van der Waals surface area contributed by atoms with Gasteiger partial charge in [0.05, 0.1) is 6.54 Å². The molecule has 1 amide bonds. The van der Waals surface area contributed by atoms with Crippen molar-refractivity contribution in [3.8, 4) is 0 Å². The molecule has 2 aromatic heterocycles. The van der Waals surface area contributed by atoms with E-state index in [2.05, 4.69) is 30.3 Å². The monoisotopic (exact) mass is 358 g/mol. The van der Waals surface area contributed by atoms with Crippen LogP contribution in [0.5, 0.6) is 0 Å². The first-order valence-electron chi connectivity index (χ1n) is 9.65. The van der Waals surface area contributed by atoms with Gasteiger partial charge in [0.1, 0.15) is 17.5 Å². The van der Waals surface area contributed by atoms with Crippen molar-refractivity contribution in [1.29, 1.82) is 0 Å². The molecule has 2 aliphatic heterocycles. The molecule has 4 rings (SSSR count). The van der Waals surface area contributed by atoms with E-state index >= 15 is 0 Å². The van der Waals surface area contributed by atoms with Crippen molar-refractivity contribution >= 4 is 5.91 Å². The molecule has 2 aliphatic rings. The molecule has 0 N–H and O–H groups in total. The maximum Gasteiger partial charge on any atom is 0.224 e. The average Bonchev–Trinajstić information content (AvgIpc) is 3.18. The standard InChI is InChI=1S/C17H26N8O/c1-13-18-21-22-25(13)12-8-16(26)23-10-6-14(7-11-23)17-20-19-15-5-3-2-4-9-24(15)17/h14H,2-12H2,1H3. The molecule has 1 fully saturated rings. The number of tetrazole rings is 1. The molecule has 0 atom stereocenters. The van der Waals surface area contributed by atoms with E-state index in [9.17, 15) is 4.79 Å². The van der Waals surface area contributed by atoms with Gasteiger partial charge in [-0.3, -0.25) is 4.79 Å². The van der Waals surface area contributed by atoms with Gasteiger partial charge < -0.3 is 9.47 Å². The Bertz CT molecular complexity index is 759. The molecule has 0 radical (unpaired) electrons. The Balaban J connectivity index is 1.32. The molecular weight excluding hydrogens is 332 g/mol. The second-order valence-corrected chi connectivity index (χ2v) is 7.29. The van der Waals surface area contributed by atoms with Crippen LogP contribution < -0.4 is 0 Å². The highest BCUT2D eigenvalue weighted by Crippen LogP contribution is 2.29. The number of hydrogen-bond acceptors (Lipinski definition) is 6. The van der Waals surface area contributed by atoms with Crippen LogP contribution in [0.25, 0.3) is 0 Å². The van der Waals surface area contributed by atoms with E-state index in [0.717, 1.165) is 56.4 Å². The van der Waals surface area contributed by atoms with Crippen LogP contribution in [0.15, 0.2) is 0 Å². The average molecular weight is 358 g/mol. The van der Waals surface area contributed by atoms with Crippen LogP contribution in [0.2, 0.25) is 0 Å². The van der Waals surface area contributed by atoms with E-state index in [0.29, 0.717) is 18.9 Å². The number of hydrogen-bond donors (Lipinski definition) is 0. The Labute approximate surface area is 152 Å². The molecule has 0 spiro atoms. The molecule has 9 heteroatoms. The van der Waals surface area contributed by atoms with Crippen LogP contribution in [0.4, 0.5) is 0 Å². The number of piperidine rings is 1. The summed E-state index contributed by atoms with van der Waals surface area (Å²) in [6.45, 7) is 5.01. The molecule has 140 valence electrons. The van der Waals surface area contributed by atoms with Gasteiger partial charge in [0.2, 0.25) is 5.91 Å². The number of likely N-dealkylation sites (tertiary alicyclic amines) is 1. The van der Waals surface area contributed by atoms with Crippen molar-refractivity contribution in [3.05, 3.63) is 17.5 Å². The number of aryl methyl sites for hydroxylation is 3. The first-order chi connectivity index (χ1) is 12.7. The predicted molar refractivity (Wildman–Crippen MR) is 93.3 cm³/mol. The Kier molecular flexibility index (Phi) is 4.94. The summed E-state index contributed by atoms with van der Waals surface area (Å²) in [7, 11) is 0. The van der Waals surface area contributed by atoms with Gasteiger partial charge in [-0.1, -0.05) is 6.42 Å². The molecule has 1 saturated heterocycles. The van der Waals surface area contributed by atoms with Gasteiger partial charge in [0, 0.05) is 38.4 Å². The first kappa shape index (κ1) is 17.1. The van der Waals surface area contributed by atoms with Gasteiger partial charge in [0.25, 0.3) is 0 Å². The van der Waals surface area contributed by atoms with Crippen molar-refractivity contribution in [3.63, 3.8) is 0 Å². The molecular formula is C17H26N8O. The molecule has 0 aliphatic carbocycles. The molecule has 26 heavy (non-hydrogen) atoms. The van der Waals surface area contributed by atoms with Gasteiger partial charge in [0.15, 0.2) is 0 Å². The molecule has 0 bridgehead atoms. The van der Waals surface area contributed by atoms with E-state index in [1.807, 2.05) is 11.8 Å². The summed E-state index contributed by atoms with van der Waals surface area (Å²) in [5.41, 5.74) is 0. The van der Waals surface area contributed by atoms with Gasteiger partial charge in [-0.05, 0) is 43.0 Å². The number of carbonyl (C=O) groups excluding carboxylic acids is 1. The zero-order valence-corrected chi connectivity index (χ0v) is 15.3. The van der Waals surface area contributed by atoms with E-state index in [-0.39, 0.29) is 5.91 Å². The lowest BCUT2D eigenvalue weighted by molar-refractivity contribution is -0.132. The Morgan fingerprint density at radius 1 is 1.08 bits per heavy atom. The Hall–Kier alpha value is -2.32. The lowest BCUT2D eigenvalue weighted by Gasteiger charge is -2.31. The number of amides is 1. The molecule has 2 aromatic rings. The van der Waals surface area contributed by atoms with Crippen molar-refractivity contribution in [2.24, 2.45) is 0 Å². The third-order valence-corrected chi connectivity index (χ3v) is 5.60. The zero-order chi connectivity index (χ0) is 17.9. The number of carbonyl (C=O) groups is 1. The maximum atomic E-state index is 12.5. The lowest BCUT2D eigenvalue weighted by atomic mass is 9.95. The number of aromatic nitrogens is 7. The van der Waals surface area contributed by atoms with Crippen LogP contribution in [0.1, 0.15) is 61.9 Å². The third-order valence-electron chi connectivity index (χ3n) is 5.60. The fourth-order valence-electron chi connectivity index (χ4n) is 4.01. The number of rotatable bonds is 4. The fourth-order valence-corrected chi connectivity index (χ4v) is 4.01. The minimum Gasteiger partial charge on any atom is -0.343 e. The molecule has 9 nitrogen and oxygen atoms in total. The van der Waals surface area contributed by atoms with Gasteiger partial charge in [-0.25, -0.2) is 4.68 Å². The SMILES string of the molecule is Cc1nnnn1CCC(=O)N1CCC(c2nnc3n2CCCCC3)CC1. The minimum absolute atomic E-state index is 0.179. The highest BCUT2D eigenvalue weighted by molar-refractivity contribution is 5.76. The normalized spacial score (nSPS) is 18.6. The summed E-state index contributed by atoms with van der Waals surface area (Å²) in [6.07, 6.45) is 7.12. The van der Waals surface area contributed by atoms with E-state index in [1.165, 1.54) is 19.3 Å². The second-order valence-electron chi connectivity index (χ2n) is 7.29. The summed E-state index contributed by atoms with van der Waals surface area (Å²) in [4.78, 5) is 14.5. The summed E-state index contributed by atoms with van der Waals surface area (Å²) in [5.74, 6) is 3.62. The van der Waals surface area contributed by atoms with E-state index in [1.54, 1.807) is 4.68 Å². The Morgan fingerprint density at radius 3 is 2.69 bits per heavy atom. The van der Waals surface area contributed by atoms with Crippen LogP contribution in [0.3, 0.4) is 0 Å². The largest absolute Gasteiger partial charge is 0.343 e. The van der Waals surface area contributed by atoms with Crippen LogP contribution in [0, 0.1) is 6.92 Å². The van der Waals surface area contributed by atoms with E-state index in [4.69, 9.17) is 0 Å². The van der Waals surface area contributed by atoms with Gasteiger partial charge >= 0.3 is 0 Å². The van der Waals surface area contributed by atoms with E-state index < -0.39 is 0 Å². The van der Waals surface area contributed by atoms with Crippen molar-refractivity contribution in [2.75, 3.05) is 13.1 Å². The van der Waals surface area contributed by atoms with Crippen LogP contribution in [-0.4, -0.2) is 58.9 Å². The first-order valence-corrected chi connectivity index (χ1v) is 9.65. The quantitative estimate of drug-likeness (QED) is 0.812. The molecule has 0 saturated carbocycles. The smallest absolute Gasteiger partial charge is 0.224 e. The molecule has 0 unspecified atom stereocenters. The highest BCUT2D eigenvalue weighted by atomic mass is 16.2. The maximum absolute atomic E-state index is 12.5. The lowest BCUT2D eigenvalue weighted by Crippen LogP contribution is -2.38. The predicted octanol–water partition coefficient (Wildman–Crippen LogP) is 1.10. The Morgan fingerprint density at radius 2 is 1.92 bits per heavy atom. The van der Waals surface area contributed by atoms with Crippen molar-refractivity contribution in [2.45, 2.75) is 70.9 Å². The summed E-state index contributed by atoms with van der Waals surface area (Å²) >= 11 is 0. The summed E-state index contributed by atoms with van der Waals surface area (Å²) in [6, 6.07) is 0. The minimum atomic E-state index is 0.179. The highest BCUT2D eigenvalue weighted by Gasteiger charge is 2.28. The zero-order valence-electron chi connectivity index (χ0n) is 15.3. The second kappa shape index (κ2) is 7.51. The van der Waals surface area contributed by atoms with Crippen molar-refractivity contribution < 1.29 is 4.79 Å². The fraction of sp³-hybridized carbons (Fsp3) is 0.765. The number of nitrogens with zero attached hydrogens (tertiary/aromatic N) is 8. The van der Waals surface area contributed by atoms with Gasteiger partial charge in [-0.15, -0.1) is 15.3 Å². The third kappa shape index (κ3) is 3.47. The van der Waals surface area contributed by atoms with Crippen molar-refractivity contribution in [1.82, 2.24) is 39.9 Å². The topological polar surface area (TPSA) is 94.6 Å². The summed E-state index contributed by atoms with van der Waals surface area (Å²) in [5, 5.41) is 20.3. The van der Waals surface area contributed by atoms with Crippen LogP contribution >= 0.6 is 0 Å². The number of fused-ring (bicyclic) bond motifs is 1. The summed E-state index contributed by atoms with van der Waals surface area (Å²) < 4.78 is 4.02. The molecule has 4 heterocycles.